The second-order valence-electron chi connectivity index (χ2n) is 4.35. The number of benzene rings is 1. The van der Waals surface area contributed by atoms with Crippen molar-refractivity contribution in [2.75, 3.05) is 13.1 Å². The van der Waals surface area contributed by atoms with Gasteiger partial charge < -0.3 is 4.90 Å². The molecule has 0 aliphatic heterocycles. The van der Waals surface area contributed by atoms with Crippen LogP contribution in [0.2, 0.25) is 0 Å². The van der Waals surface area contributed by atoms with Gasteiger partial charge in [-0.15, -0.1) is 0 Å². The van der Waals surface area contributed by atoms with E-state index >= 15 is 0 Å². The van der Waals surface area contributed by atoms with Crippen molar-refractivity contribution in [2.45, 2.75) is 25.9 Å². The van der Waals surface area contributed by atoms with Crippen molar-refractivity contribution in [2.24, 2.45) is 0 Å². The van der Waals surface area contributed by atoms with Crippen LogP contribution in [0.5, 0.6) is 0 Å². The maximum atomic E-state index is 12.6. The molecular weight excluding hydrogens is 403 g/mol. The smallest absolute Gasteiger partial charge is 0.330 e. The lowest BCUT2D eigenvalue weighted by Crippen LogP contribution is -2.39. The Kier molecular flexibility index (Phi) is 6.51. The summed E-state index contributed by atoms with van der Waals surface area (Å²) in [5, 5.41) is 0. The average molecular weight is 417 g/mol. The number of nitrogens with zero attached hydrogens (tertiary/aromatic N) is 1. The molecule has 2 nitrogen and oxygen atoms in total. The number of hydrogen-bond donors (Lipinski definition) is 0. The highest BCUT2D eigenvalue weighted by Gasteiger charge is 2.33. The third-order valence-electron chi connectivity index (χ3n) is 2.55. The molecule has 7 heteroatoms. The van der Waals surface area contributed by atoms with E-state index in [-0.39, 0.29) is 12.1 Å². The van der Waals surface area contributed by atoms with Crippen molar-refractivity contribution in [1.82, 2.24) is 4.90 Å². The van der Waals surface area contributed by atoms with Crippen LogP contribution in [0, 0.1) is 0 Å². The fourth-order valence-corrected chi connectivity index (χ4v) is 2.97. The average Bonchev–Trinajstić information content (AvgIpc) is 2.31. The summed E-state index contributed by atoms with van der Waals surface area (Å²) in [6, 6.07) is 4.75. The SMILES string of the molecule is CCCCN(CC(F)(F)F)C(=O)c1cc(Br)cc(Br)c1. The minimum Gasteiger partial charge on any atom is -0.330 e. The summed E-state index contributed by atoms with van der Waals surface area (Å²) in [5.74, 6) is -0.613. The minimum atomic E-state index is -4.40. The second-order valence-corrected chi connectivity index (χ2v) is 6.18. The number of rotatable bonds is 5. The Morgan fingerprint density at radius 1 is 1.20 bits per heavy atom. The summed E-state index contributed by atoms with van der Waals surface area (Å²) in [6.07, 6.45) is -3.13. The van der Waals surface area contributed by atoms with E-state index < -0.39 is 18.6 Å². The van der Waals surface area contributed by atoms with Crippen LogP contribution in [0.1, 0.15) is 30.1 Å². The van der Waals surface area contributed by atoms with Crippen LogP contribution >= 0.6 is 31.9 Å². The fraction of sp³-hybridized carbons (Fsp3) is 0.462. The van der Waals surface area contributed by atoms with Crippen molar-refractivity contribution in [3.05, 3.63) is 32.7 Å². The van der Waals surface area contributed by atoms with E-state index in [0.717, 1.165) is 11.3 Å². The zero-order chi connectivity index (χ0) is 15.3. The lowest BCUT2D eigenvalue weighted by Gasteiger charge is -2.24. The normalized spacial score (nSPS) is 11.5. The van der Waals surface area contributed by atoms with Gasteiger partial charge in [-0.05, 0) is 24.6 Å². The largest absolute Gasteiger partial charge is 0.406 e. The highest BCUT2D eigenvalue weighted by atomic mass is 79.9. The van der Waals surface area contributed by atoms with Crippen molar-refractivity contribution in [1.29, 1.82) is 0 Å². The molecule has 0 saturated heterocycles. The molecule has 0 radical (unpaired) electrons. The zero-order valence-corrected chi connectivity index (χ0v) is 14.0. The predicted molar refractivity (Wildman–Crippen MR) is 78.7 cm³/mol. The molecule has 0 aliphatic rings. The monoisotopic (exact) mass is 415 g/mol. The second kappa shape index (κ2) is 7.45. The molecule has 0 unspecified atom stereocenters. The molecule has 0 aliphatic carbocycles. The first-order valence-electron chi connectivity index (χ1n) is 6.05. The molecule has 0 aromatic heterocycles. The highest BCUT2D eigenvalue weighted by molar-refractivity contribution is 9.11. The number of unbranched alkanes of at least 4 members (excludes halogenated alkanes) is 1. The van der Waals surface area contributed by atoms with E-state index in [9.17, 15) is 18.0 Å². The van der Waals surface area contributed by atoms with E-state index in [0.29, 0.717) is 15.4 Å². The van der Waals surface area contributed by atoms with E-state index in [1.807, 2.05) is 6.92 Å². The van der Waals surface area contributed by atoms with E-state index in [1.165, 1.54) is 12.1 Å². The van der Waals surface area contributed by atoms with Crippen LogP contribution in [0.15, 0.2) is 27.1 Å². The lowest BCUT2D eigenvalue weighted by atomic mass is 10.2. The molecule has 1 amide bonds. The topological polar surface area (TPSA) is 20.3 Å². The molecule has 0 atom stereocenters. The van der Waals surface area contributed by atoms with Gasteiger partial charge in [0.25, 0.3) is 5.91 Å². The standard InChI is InChI=1S/C13H14Br2F3NO/c1-2-3-4-19(8-13(16,17)18)12(20)9-5-10(14)7-11(15)6-9/h5-7H,2-4,8H2,1H3. The lowest BCUT2D eigenvalue weighted by molar-refractivity contribution is -0.140. The minimum absolute atomic E-state index is 0.0962. The maximum Gasteiger partial charge on any atom is 0.406 e. The van der Waals surface area contributed by atoms with Crippen LogP contribution in [0.4, 0.5) is 13.2 Å². The van der Waals surface area contributed by atoms with E-state index in [4.69, 9.17) is 0 Å². The number of alkyl halides is 3. The van der Waals surface area contributed by atoms with Gasteiger partial charge in [0, 0.05) is 21.1 Å². The molecule has 1 aromatic rings. The van der Waals surface area contributed by atoms with Crippen molar-refractivity contribution in [3.8, 4) is 0 Å². The Balaban J connectivity index is 2.96. The van der Waals surface area contributed by atoms with Crippen LogP contribution in [0.25, 0.3) is 0 Å². The molecule has 0 N–H and O–H groups in total. The maximum absolute atomic E-state index is 12.6. The summed E-state index contributed by atoms with van der Waals surface area (Å²) in [4.78, 5) is 13.1. The summed E-state index contributed by atoms with van der Waals surface area (Å²) < 4.78 is 38.9. The number of carbonyl (C=O) groups excluding carboxylic acids is 1. The van der Waals surface area contributed by atoms with Gasteiger partial charge in [-0.2, -0.15) is 13.2 Å². The van der Waals surface area contributed by atoms with Gasteiger partial charge in [-0.3, -0.25) is 4.79 Å². The fourth-order valence-electron chi connectivity index (χ4n) is 1.68. The Bertz CT molecular complexity index is 457. The van der Waals surface area contributed by atoms with Gasteiger partial charge in [0.15, 0.2) is 0 Å². The van der Waals surface area contributed by atoms with Crippen LogP contribution in [0.3, 0.4) is 0 Å². The number of halogens is 5. The molecule has 0 fully saturated rings. The third kappa shape index (κ3) is 5.83. The van der Waals surface area contributed by atoms with Gasteiger partial charge in [-0.25, -0.2) is 0 Å². The molecular formula is C13H14Br2F3NO. The van der Waals surface area contributed by atoms with E-state index in [2.05, 4.69) is 31.9 Å². The first-order valence-corrected chi connectivity index (χ1v) is 7.63. The van der Waals surface area contributed by atoms with Gasteiger partial charge >= 0.3 is 6.18 Å². The summed E-state index contributed by atoms with van der Waals surface area (Å²) in [6.45, 7) is 0.737. The van der Waals surface area contributed by atoms with Crippen LogP contribution < -0.4 is 0 Å². The zero-order valence-electron chi connectivity index (χ0n) is 10.8. The number of amides is 1. The van der Waals surface area contributed by atoms with Crippen molar-refractivity contribution >= 4 is 37.8 Å². The highest BCUT2D eigenvalue weighted by Crippen LogP contribution is 2.23. The van der Waals surface area contributed by atoms with E-state index in [1.54, 1.807) is 6.07 Å². The molecule has 1 rings (SSSR count). The van der Waals surface area contributed by atoms with Gasteiger partial charge in [0.05, 0.1) is 0 Å². The first-order chi connectivity index (χ1) is 9.23. The molecule has 0 bridgehead atoms. The Morgan fingerprint density at radius 3 is 2.20 bits per heavy atom. The van der Waals surface area contributed by atoms with Gasteiger partial charge in [-0.1, -0.05) is 45.2 Å². The number of hydrogen-bond acceptors (Lipinski definition) is 1. The van der Waals surface area contributed by atoms with Crippen molar-refractivity contribution < 1.29 is 18.0 Å². The Hall–Kier alpha value is -0.560. The molecule has 20 heavy (non-hydrogen) atoms. The third-order valence-corrected chi connectivity index (χ3v) is 3.46. The predicted octanol–water partition coefficient (Wildman–Crippen LogP) is 5.02. The Labute approximate surface area is 132 Å². The summed E-state index contributed by atoms with van der Waals surface area (Å²) >= 11 is 6.44. The molecule has 0 saturated carbocycles. The first kappa shape index (κ1) is 17.5. The summed E-state index contributed by atoms with van der Waals surface area (Å²) in [7, 11) is 0. The number of carbonyl (C=O) groups is 1. The van der Waals surface area contributed by atoms with Crippen LogP contribution in [-0.4, -0.2) is 30.1 Å². The van der Waals surface area contributed by atoms with Gasteiger partial charge in [0.1, 0.15) is 6.54 Å². The molecule has 0 heterocycles. The van der Waals surface area contributed by atoms with Crippen LogP contribution in [-0.2, 0) is 0 Å². The van der Waals surface area contributed by atoms with Gasteiger partial charge in [0.2, 0.25) is 0 Å². The molecule has 0 spiro atoms. The quantitative estimate of drug-likeness (QED) is 0.660. The summed E-state index contributed by atoms with van der Waals surface area (Å²) in [5.41, 5.74) is 0.228. The molecule has 1 aromatic carbocycles. The molecule has 112 valence electrons. The van der Waals surface area contributed by atoms with Crippen molar-refractivity contribution in [3.63, 3.8) is 0 Å². The Morgan fingerprint density at radius 2 is 1.75 bits per heavy atom.